The van der Waals surface area contributed by atoms with E-state index >= 15 is 0 Å². The number of hydrogen-bond donors (Lipinski definition) is 3. The Balaban J connectivity index is 1.36. The van der Waals surface area contributed by atoms with Crippen molar-refractivity contribution in [2.45, 2.75) is 57.5 Å². The Morgan fingerprint density at radius 3 is 2.09 bits per heavy atom. The molecule has 0 saturated heterocycles. The summed E-state index contributed by atoms with van der Waals surface area (Å²) in [6.45, 7) is 3.45. The first kappa shape index (κ1) is 23.8. The molecule has 3 unspecified atom stereocenters. The van der Waals surface area contributed by atoms with E-state index in [-0.39, 0.29) is 36.8 Å². The molecule has 2 aliphatic carbocycles. The van der Waals surface area contributed by atoms with Crippen LogP contribution < -0.4 is 10.6 Å². The molecular formula is C27H32N2O5. The van der Waals surface area contributed by atoms with E-state index in [4.69, 9.17) is 9.84 Å². The molecule has 2 aromatic carbocycles. The molecule has 4 rings (SSSR count). The lowest BCUT2D eigenvalue weighted by Crippen LogP contribution is -2.48. The molecular weight excluding hydrogens is 432 g/mol. The molecule has 3 N–H and O–H groups in total. The van der Waals surface area contributed by atoms with E-state index in [1.807, 2.05) is 24.3 Å². The third-order valence-corrected chi connectivity index (χ3v) is 7.30. The van der Waals surface area contributed by atoms with Gasteiger partial charge in [0, 0.05) is 24.4 Å². The average molecular weight is 465 g/mol. The number of amides is 2. The second-order valence-corrected chi connectivity index (χ2v) is 9.45. The lowest BCUT2D eigenvalue weighted by atomic mass is 9.78. The SMILES string of the molecule is CC(NC(=O)CC(NC(=O)OCC1c2ccccc2-c2ccccc21)C1CCC1)C(C)C(=O)O. The third-order valence-electron chi connectivity index (χ3n) is 7.30. The van der Waals surface area contributed by atoms with Crippen molar-refractivity contribution in [1.29, 1.82) is 0 Å². The highest BCUT2D eigenvalue weighted by atomic mass is 16.5. The van der Waals surface area contributed by atoms with E-state index < -0.39 is 24.0 Å². The van der Waals surface area contributed by atoms with Gasteiger partial charge in [-0.05, 0) is 54.9 Å². The van der Waals surface area contributed by atoms with Gasteiger partial charge >= 0.3 is 12.1 Å². The van der Waals surface area contributed by atoms with Gasteiger partial charge in [-0.25, -0.2) is 4.79 Å². The number of carboxylic acids is 1. The zero-order valence-corrected chi connectivity index (χ0v) is 19.6. The van der Waals surface area contributed by atoms with Crippen LogP contribution in [0.25, 0.3) is 11.1 Å². The first-order valence-corrected chi connectivity index (χ1v) is 12.0. The Hall–Kier alpha value is -3.35. The number of aliphatic carboxylic acids is 1. The smallest absolute Gasteiger partial charge is 0.407 e. The lowest BCUT2D eigenvalue weighted by Gasteiger charge is -2.34. The maximum atomic E-state index is 12.7. The zero-order valence-electron chi connectivity index (χ0n) is 19.6. The predicted octanol–water partition coefficient (Wildman–Crippen LogP) is 4.31. The number of carbonyl (C=O) groups is 3. The Morgan fingerprint density at radius 2 is 1.56 bits per heavy atom. The minimum absolute atomic E-state index is 0.0260. The third kappa shape index (κ3) is 5.08. The summed E-state index contributed by atoms with van der Waals surface area (Å²) in [5.74, 6) is -1.72. The summed E-state index contributed by atoms with van der Waals surface area (Å²) in [6.07, 6.45) is 2.54. The lowest BCUT2D eigenvalue weighted by molar-refractivity contribution is -0.142. The predicted molar refractivity (Wildman–Crippen MR) is 128 cm³/mol. The van der Waals surface area contributed by atoms with Gasteiger partial charge in [0.2, 0.25) is 5.91 Å². The van der Waals surface area contributed by atoms with E-state index in [1.165, 1.54) is 11.1 Å². The van der Waals surface area contributed by atoms with Gasteiger partial charge in [-0.2, -0.15) is 0 Å². The average Bonchev–Trinajstić information content (AvgIpc) is 3.09. The summed E-state index contributed by atoms with van der Waals surface area (Å²) in [5, 5.41) is 14.8. The number of alkyl carbamates (subject to hydrolysis) is 1. The maximum Gasteiger partial charge on any atom is 0.407 e. The van der Waals surface area contributed by atoms with Gasteiger partial charge in [0.1, 0.15) is 6.61 Å². The number of ether oxygens (including phenoxy) is 1. The van der Waals surface area contributed by atoms with Crippen LogP contribution in [0.2, 0.25) is 0 Å². The number of hydrogen-bond acceptors (Lipinski definition) is 4. The normalized spacial score (nSPS) is 17.5. The number of benzene rings is 2. The van der Waals surface area contributed by atoms with Crippen LogP contribution >= 0.6 is 0 Å². The van der Waals surface area contributed by atoms with Gasteiger partial charge in [-0.1, -0.05) is 55.0 Å². The van der Waals surface area contributed by atoms with Gasteiger partial charge in [0.15, 0.2) is 0 Å². The standard InChI is InChI=1S/C27H32N2O5/c1-16(26(31)32)17(2)28-25(30)14-24(18-8-7-9-18)29-27(33)34-15-23-21-12-5-3-10-19(21)20-11-4-6-13-22(20)23/h3-6,10-13,16-18,23-24H,7-9,14-15H2,1-2H3,(H,28,30)(H,29,33)(H,31,32). The number of rotatable bonds is 9. The second kappa shape index (κ2) is 10.3. The number of nitrogens with one attached hydrogen (secondary N) is 2. The molecule has 0 radical (unpaired) electrons. The topological polar surface area (TPSA) is 105 Å². The first-order chi connectivity index (χ1) is 16.3. The van der Waals surface area contributed by atoms with Gasteiger partial charge in [0.25, 0.3) is 0 Å². The molecule has 2 amide bonds. The Kier molecular flexibility index (Phi) is 7.20. The molecule has 180 valence electrons. The van der Waals surface area contributed by atoms with Gasteiger partial charge in [-0.15, -0.1) is 0 Å². The number of fused-ring (bicyclic) bond motifs is 3. The van der Waals surface area contributed by atoms with E-state index in [9.17, 15) is 14.4 Å². The summed E-state index contributed by atoms with van der Waals surface area (Å²) in [7, 11) is 0. The molecule has 0 aliphatic heterocycles. The molecule has 7 heteroatoms. The molecule has 1 fully saturated rings. The zero-order chi connectivity index (χ0) is 24.2. The summed E-state index contributed by atoms with van der Waals surface area (Å²) in [5.41, 5.74) is 4.63. The maximum absolute atomic E-state index is 12.7. The van der Waals surface area contributed by atoms with Gasteiger partial charge < -0.3 is 20.5 Å². The molecule has 2 aromatic rings. The molecule has 0 heterocycles. The van der Waals surface area contributed by atoms with Crippen molar-refractivity contribution in [2.75, 3.05) is 6.61 Å². The molecule has 2 aliphatic rings. The van der Waals surface area contributed by atoms with Crippen LogP contribution in [0.4, 0.5) is 4.79 Å². The highest BCUT2D eigenvalue weighted by Crippen LogP contribution is 2.44. The van der Waals surface area contributed by atoms with Crippen LogP contribution in [0.1, 0.15) is 56.6 Å². The van der Waals surface area contributed by atoms with E-state index in [1.54, 1.807) is 13.8 Å². The van der Waals surface area contributed by atoms with E-state index in [2.05, 4.69) is 34.9 Å². The number of carbonyl (C=O) groups excluding carboxylic acids is 2. The molecule has 0 bridgehead atoms. The van der Waals surface area contributed by atoms with Crippen molar-refractivity contribution < 1.29 is 24.2 Å². The quantitative estimate of drug-likeness (QED) is 0.513. The summed E-state index contributed by atoms with van der Waals surface area (Å²) in [6, 6.07) is 15.5. The first-order valence-electron chi connectivity index (χ1n) is 12.0. The highest BCUT2D eigenvalue weighted by molar-refractivity contribution is 5.80. The van der Waals surface area contributed by atoms with Crippen LogP contribution in [-0.4, -0.2) is 41.8 Å². The monoisotopic (exact) mass is 464 g/mol. The van der Waals surface area contributed by atoms with Crippen LogP contribution in [-0.2, 0) is 14.3 Å². The minimum Gasteiger partial charge on any atom is -0.481 e. The summed E-state index contributed by atoms with van der Waals surface area (Å²) < 4.78 is 5.66. The Bertz CT molecular complexity index is 1020. The molecule has 3 atom stereocenters. The largest absolute Gasteiger partial charge is 0.481 e. The van der Waals surface area contributed by atoms with Gasteiger partial charge in [0.05, 0.1) is 5.92 Å². The molecule has 0 aromatic heterocycles. The minimum atomic E-state index is -0.958. The van der Waals surface area contributed by atoms with Crippen molar-refractivity contribution in [3.8, 4) is 11.1 Å². The van der Waals surface area contributed by atoms with Crippen molar-refractivity contribution in [1.82, 2.24) is 10.6 Å². The second-order valence-electron chi connectivity index (χ2n) is 9.45. The molecule has 1 saturated carbocycles. The number of carboxylic acid groups (broad SMARTS) is 1. The van der Waals surface area contributed by atoms with Crippen LogP contribution in [0.3, 0.4) is 0 Å². The summed E-state index contributed by atoms with van der Waals surface area (Å²) in [4.78, 5) is 36.5. The molecule has 34 heavy (non-hydrogen) atoms. The van der Waals surface area contributed by atoms with Gasteiger partial charge in [-0.3, -0.25) is 9.59 Å². The van der Waals surface area contributed by atoms with Crippen LogP contribution in [0.15, 0.2) is 48.5 Å². The summed E-state index contributed by atoms with van der Waals surface area (Å²) >= 11 is 0. The van der Waals surface area contributed by atoms with Crippen LogP contribution in [0.5, 0.6) is 0 Å². The van der Waals surface area contributed by atoms with Crippen molar-refractivity contribution in [3.63, 3.8) is 0 Å². The Morgan fingerprint density at radius 1 is 0.971 bits per heavy atom. The van der Waals surface area contributed by atoms with Crippen molar-refractivity contribution in [2.24, 2.45) is 11.8 Å². The Labute approximate surface area is 199 Å². The molecule has 0 spiro atoms. The van der Waals surface area contributed by atoms with Crippen molar-refractivity contribution in [3.05, 3.63) is 59.7 Å². The highest BCUT2D eigenvalue weighted by Gasteiger charge is 2.33. The van der Waals surface area contributed by atoms with E-state index in [0.717, 1.165) is 30.4 Å². The molecule has 7 nitrogen and oxygen atoms in total. The fraction of sp³-hybridized carbons (Fsp3) is 0.444. The van der Waals surface area contributed by atoms with E-state index in [0.29, 0.717) is 0 Å². The van der Waals surface area contributed by atoms with Crippen molar-refractivity contribution >= 4 is 18.0 Å². The van der Waals surface area contributed by atoms with Crippen LogP contribution in [0, 0.1) is 11.8 Å². The fourth-order valence-corrected chi connectivity index (χ4v) is 4.82. The fourth-order valence-electron chi connectivity index (χ4n) is 4.82.